The topological polar surface area (TPSA) is 72.3 Å². The molecule has 1 fully saturated rings. The molecule has 7 nitrogen and oxygen atoms in total. The van der Waals surface area contributed by atoms with Crippen molar-refractivity contribution in [1.82, 2.24) is 20.1 Å². The van der Waals surface area contributed by atoms with Crippen LogP contribution < -0.4 is 10.2 Å². The van der Waals surface area contributed by atoms with Crippen molar-refractivity contribution in [2.24, 2.45) is 0 Å². The largest absolute Gasteiger partial charge is 0.375 e. The van der Waals surface area contributed by atoms with Crippen LogP contribution in [0, 0.1) is 12.7 Å². The zero-order chi connectivity index (χ0) is 19.7. The molecule has 1 amide bonds. The molecule has 0 radical (unpaired) electrons. The van der Waals surface area contributed by atoms with E-state index >= 15 is 0 Å². The molecule has 0 unspecified atom stereocenters. The van der Waals surface area contributed by atoms with Crippen LogP contribution in [0.1, 0.15) is 18.5 Å². The Kier molecular flexibility index (Phi) is 5.27. The van der Waals surface area contributed by atoms with E-state index in [2.05, 4.69) is 15.3 Å². The molecular formula is C19H22FN5O2S. The van der Waals surface area contributed by atoms with Gasteiger partial charge in [0.15, 0.2) is 10.8 Å². The van der Waals surface area contributed by atoms with Crippen molar-refractivity contribution >= 4 is 32.7 Å². The fraction of sp³-hybridized carbons (Fsp3) is 0.421. The molecule has 0 atom stereocenters. The number of fused-ring (bicyclic) bond motifs is 1. The number of amides is 1. The van der Waals surface area contributed by atoms with Crippen LogP contribution in [0.2, 0.25) is 0 Å². The van der Waals surface area contributed by atoms with Gasteiger partial charge in [0.2, 0.25) is 5.91 Å². The number of aromatic nitrogens is 3. The Hall–Kier alpha value is -2.52. The number of piperidine rings is 1. The summed E-state index contributed by atoms with van der Waals surface area (Å²) in [6.45, 7) is 3.72. The van der Waals surface area contributed by atoms with Crippen LogP contribution in [0.5, 0.6) is 0 Å². The maximum atomic E-state index is 13.2. The van der Waals surface area contributed by atoms with E-state index < -0.39 is 0 Å². The first kappa shape index (κ1) is 18.8. The highest BCUT2D eigenvalue weighted by Crippen LogP contribution is 2.33. The molecule has 9 heteroatoms. The van der Waals surface area contributed by atoms with Gasteiger partial charge in [-0.2, -0.15) is 10.1 Å². The van der Waals surface area contributed by atoms with Gasteiger partial charge in [0, 0.05) is 26.2 Å². The minimum absolute atomic E-state index is 0.0732. The number of carbonyl (C=O) groups excluding carboxylic acids is 1. The number of hydrogen-bond acceptors (Lipinski definition) is 6. The summed E-state index contributed by atoms with van der Waals surface area (Å²) in [4.78, 5) is 18.7. The zero-order valence-corrected chi connectivity index (χ0v) is 16.6. The van der Waals surface area contributed by atoms with Gasteiger partial charge in [-0.3, -0.25) is 4.79 Å². The van der Waals surface area contributed by atoms with Crippen LogP contribution in [-0.4, -0.2) is 53.5 Å². The van der Waals surface area contributed by atoms with Crippen molar-refractivity contribution in [3.05, 3.63) is 35.8 Å². The fourth-order valence-corrected chi connectivity index (χ4v) is 4.47. The Morgan fingerprint density at radius 2 is 2.04 bits per heavy atom. The summed E-state index contributed by atoms with van der Waals surface area (Å²) >= 11 is 1.62. The second-order valence-electron chi connectivity index (χ2n) is 6.88. The predicted molar refractivity (Wildman–Crippen MR) is 107 cm³/mol. The summed E-state index contributed by atoms with van der Waals surface area (Å²) in [7, 11) is 1.52. The van der Waals surface area contributed by atoms with E-state index in [0.29, 0.717) is 0 Å². The number of hydrogen-bond donors (Lipinski definition) is 1. The Morgan fingerprint density at radius 3 is 2.71 bits per heavy atom. The standard InChI is InChI=1S/C19H22FN5O2S/c1-12-17-18(25(23-12)15-5-3-13(20)4-6-15)22-19(28-17)24-9-7-14(8-10-24)21-16(26)11-27-2/h3-6,14H,7-11H2,1-2H3,(H,21,26). The average Bonchev–Trinajstić information content (AvgIpc) is 3.24. The molecule has 1 N–H and O–H groups in total. The number of benzene rings is 1. The van der Waals surface area contributed by atoms with Gasteiger partial charge in [0.05, 0.1) is 16.1 Å². The predicted octanol–water partition coefficient (Wildman–Crippen LogP) is 2.66. The van der Waals surface area contributed by atoms with Crippen molar-refractivity contribution in [2.75, 3.05) is 31.7 Å². The Morgan fingerprint density at radius 1 is 1.32 bits per heavy atom. The molecule has 3 aromatic rings. The number of nitrogens with zero attached hydrogens (tertiary/aromatic N) is 4. The number of halogens is 1. The van der Waals surface area contributed by atoms with Crippen molar-refractivity contribution < 1.29 is 13.9 Å². The summed E-state index contributed by atoms with van der Waals surface area (Å²) in [6.07, 6.45) is 1.74. The number of carbonyl (C=O) groups is 1. The Bertz CT molecular complexity index is 976. The van der Waals surface area contributed by atoms with Gasteiger partial charge < -0.3 is 15.0 Å². The first-order valence-electron chi connectivity index (χ1n) is 9.20. The van der Waals surface area contributed by atoms with Crippen molar-refractivity contribution in [3.63, 3.8) is 0 Å². The SMILES string of the molecule is COCC(=O)NC1CCN(c2nc3c(s2)c(C)nn3-c2ccc(F)cc2)CC1. The first-order chi connectivity index (χ1) is 13.5. The highest BCUT2D eigenvalue weighted by Gasteiger charge is 2.24. The van der Waals surface area contributed by atoms with Crippen LogP contribution in [0.3, 0.4) is 0 Å². The minimum Gasteiger partial charge on any atom is -0.375 e. The van der Waals surface area contributed by atoms with Crippen LogP contribution in [0.15, 0.2) is 24.3 Å². The number of aryl methyl sites for hydroxylation is 1. The fourth-order valence-electron chi connectivity index (χ4n) is 3.44. The number of thiazole rings is 1. The quantitative estimate of drug-likeness (QED) is 0.709. The molecule has 0 saturated carbocycles. The van der Waals surface area contributed by atoms with Gasteiger partial charge in [-0.05, 0) is 44.0 Å². The third kappa shape index (κ3) is 3.72. The molecule has 1 aliphatic rings. The summed E-state index contributed by atoms with van der Waals surface area (Å²) in [5.74, 6) is -0.348. The lowest BCUT2D eigenvalue weighted by Gasteiger charge is -2.32. The number of methoxy groups -OCH3 is 1. The van der Waals surface area contributed by atoms with Crippen LogP contribution >= 0.6 is 11.3 Å². The average molecular weight is 403 g/mol. The minimum atomic E-state index is -0.275. The lowest BCUT2D eigenvalue weighted by molar-refractivity contribution is -0.125. The monoisotopic (exact) mass is 403 g/mol. The lowest BCUT2D eigenvalue weighted by atomic mass is 10.1. The number of nitrogens with one attached hydrogen (secondary N) is 1. The van der Waals surface area contributed by atoms with Gasteiger partial charge in [0.25, 0.3) is 0 Å². The van der Waals surface area contributed by atoms with Crippen molar-refractivity contribution in [3.8, 4) is 5.69 Å². The molecule has 3 heterocycles. The third-order valence-corrected chi connectivity index (χ3v) is 6.07. The van der Waals surface area contributed by atoms with Gasteiger partial charge in [-0.25, -0.2) is 9.07 Å². The van der Waals surface area contributed by atoms with E-state index in [-0.39, 0.29) is 24.4 Å². The van der Waals surface area contributed by atoms with Gasteiger partial charge in [-0.1, -0.05) is 11.3 Å². The summed E-state index contributed by atoms with van der Waals surface area (Å²) in [5.41, 5.74) is 2.49. The van der Waals surface area contributed by atoms with E-state index in [1.54, 1.807) is 28.2 Å². The molecular weight excluding hydrogens is 381 g/mol. The lowest BCUT2D eigenvalue weighted by Crippen LogP contribution is -2.45. The highest BCUT2D eigenvalue weighted by atomic mass is 32.1. The highest BCUT2D eigenvalue weighted by molar-refractivity contribution is 7.22. The van der Waals surface area contributed by atoms with Crippen LogP contribution in [-0.2, 0) is 9.53 Å². The summed E-state index contributed by atoms with van der Waals surface area (Å²) in [5, 5.41) is 8.52. The van der Waals surface area contributed by atoms with E-state index in [1.807, 2.05) is 6.92 Å². The molecule has 28 heavy (non-hydrogen) atoms. The number of rotatable bonds is 5. The molecule has 1 aliphatic heterocycles. The van der Waals surface area contributed by atoms with Crippen LogP contribution in [0.25, 0.3) is 16.0 Å². The first-order valence-corrected chi connectivity index (χ1v) is 10.0. The van der Waals surface area contributed by atoms with Crippen LogP contribution in [0.4, 0.5) is 9.52 Å². The molecule has 0 aliphatic carbocycles. The smallest absolute Gasteiger partial charge is 0.246 e. The van der Waals surface area contributed by atoms with E-state index in [9.17, 15) is 9.18 Å². The maximum absolute atomic E-state index is 13.2. The van der Waals surface area contributed by atoms with Crippen molar-refractivity contribution in [1.29, 1.82) is 0 Å². The second kappa shape index (κ2) is 7.84. The second-order valence-corrected chi connectivity index (χ2v) is 7.86. The van der Waals surface area contributed by atoms with Gasteiger partial charge in [0.1, 0.15) is 12.4 Å². The van der Waals surface area contributed by atoms with Crippen molar-refractivity contribution in [2.45, 2.75) is 25.8 Å². The summed E-state index contributed by atoms with van der Waals surface area (Å²) in [6, 6.07) is 6.43. The Labute approximate surface area is 166 Å². The van der Waals surface area contributed by atoms with E-state index in [0.717, 1.165) is 52.8 Å². The molecule has 1 saturated heterocycles. The molecule has 2 aromatic heterocycles. The number of ether oxygens (including phenoxy) is 1. The summed E-state index contributed by atoms with van der Waals surface area (Å²) < 4.78 is 20.9. The molecule has 148 valence electrons. The molecule has 0 spiro atoms. The molecule has 1 aromatic carbocycles. The maximum Gasteiger partial charge on any atom is 0.246 e. The molecule has 4 rings (SSSR count). The Balaban J connectivity index is 1.51. The molecule has 0 bridgehead atoms. The van der Waals surface area contributed by atoms with E-state index in [4.69, 9.17) is 9.72 Å². The zero-order valence-electron chi connectivity index (χ0n) is 15.8. The number of anilines is 1. The van der Waals surface area contributed by atoms with Gasteiger partial charge >= 0.3 is 0 Å². The normalized spacial score (nSPS) is 15.3. The third-order valence-electron chi connectivity index (χ3n) is 4.85. The van der Waals surface area contributed by atoms with E-state index in [1.165, 1.54) is 19.2 Å². The van der Waals surface area contributed by atoms with Gasteiger partial charge in [-0.15, -0.1) is 0 Å².